The summed E-state index contributed by atoms with van der Waals surface area (Å²) < 4.78 is 12.8. The van der Waals surface area contributed by atoms with Gasteiger partial charge >= 0.3 is 6.09 Å². The number of amides is 1. The van der Waals surface area contributed by atoms with Crippen molar-refractivity contribution in [1.29, 1.82) is 0 Å². The molecule has 8 heteroatoms. The van der Waals surface area contributed by atoms with E-state index < -0.39 is 5.60 Å². The number of aromatic nitrogens is 2. The second kappa shape index (κ2) is 9.88. The van der Waals surface area contributed by atoms with Gasteiger partial charge < -0.3 is 14.4 Å². The molecule has 1 aromatic heterocycles. The first-order chi connectivity index (χ1) is 16.1. The van der Waals surface area contributed by atoms with Crippen LogP contribution in [0.15, 0.2) is 47.1 Å². The lowest BCUT2D eigenvalue weighted by Crippen LogP contribution is -2.48. The van der Waals surface area contributed by atoms with Crippen molar-refractivity contribution in [2.45, 2.75) is 57.7 Å². The number of carbonyl (C=O) groups is 1. The number of carbonyl (C=O) groups excluding carboxylic acids is 1. The van der Waals surface area contributed by atoms with Gasteiger partial charge in [0.1, 0.15) is 10.2 Å². The lowest BCUT2D eigenvalue weighted by molar-refractivity contribution is -0.00932. The summed E-state index contributed by atoms with van der Waals surface area (Å²) >= 11 is 9.87. The smallest absolute Gasteiger partial charge is 0.410 e. The zero-order valence-electron chi connectivity index (χ0n) is 20.0. The maximum Gasteiger partial charge on any atom is 0.410 e. The fourth-order valence-corrected chi connectivity index (χ4v) is 5.16. The van der Waals surface area contributed by atoms with Gasteiger partial charge in [0, 0.05) is 34.5 Å². The van der Waals surface area contributed by atoms with E-state index in [0.717, 1.165) is 33.9 Å². The molecule has 6 nitrogen and oxygen atoms in total. The minimum absolute atomic E-state index is 0.194. The number of hydrogen-bond donors (Lipinski definition) is 1. The van der Waals surface area contributed by atoms with Gasteiger partial charge in [-0.15, -0.1) is 0 Å². The minimum atomic E-state index is -0.506. The molecule has 0 unspecified atom stereocenters. The predicted molar refractivity (Wildman–Crippen MR) is 138 cm³/mol. The highest BCUT2D eigenvalue weighted by atomic mass is 79.9. The van der Waals surface area contributed by atoms with Crippen LogP contribution in [0.5, 0.6) is 0 Å². The molecule has 1 fully saturated rings. The van der Waals surface area contributed by atoms with E-state index in [-0.39, 0.29) is 17.6 Å². The standard InChI is InChI=1S/C26H31BrClN3O3/c1-17(20-14-19(28)15-21-22(20)29-30-23(21)27)33-16-26(18-8-6-5-7-9-18)10-12-31(13-11-26)24(32)34-25(2,3)4/h5-9,14-15,17H,10-13,16H2,1-4H3,(H,29,30)/t17-/m1/s1. The van der Waals surface area contributed by atoms with Gasteiger partial charge in [-0.05, 0) is 74.2 Å². The monoisotopic (exact) mass is 547 g/mol. The number of piperidine rings is 1. The average Bonchev–Trinajstić information content (AvgIpc) is 3.17. The normalized spacial score (nSPS) is 17.1. The van der Waals surface area contributed by atoms with Crippen LogP contribution in [0, 0.1) is 0 Å². The molecule has 34 heavy (non-hydrogen) atoms. The lowest BCUT2D eigenvalue weighted by Gasteiger charge is -2.42. The molecule has 1 amide bonds. The molecule has 1 aliphatic heterocycles. The summed E-state index contributed by atoms with van der Waals surface area (Å²) in [7, 11) is 0. The molecule has 1 saturated heterocycles. The van der Waals surface area contributed by atoms with E-state index in [1.54, 1.807) is 4.90 Å². The van der Waals surface area contributed by atoms with E-state index in [1.807, 2.05) is 45.9 Å². The van der Waals surface area contributed by atoms with Crippen LogP contribution in [0.4, 0.5) is 4.79 Å². The molecule has 3 aromatic rings. The first kappa shape index (κ1) is 25.0. The van der Waals surface area contributed by atoms with Gasteiger partial charge in [0.15, 0.2) is 0 Å². The fraction of sp³-hybridized carbons (Fsp3) is 0.462. The number of rotatable bonds is 5. The number of benzene rings is 2. The molecule has 1 aliphatic rings. The Balaban J connectivity index is 1.53. The first-order valence-electron chi connectivity index (χ1n) is 11.6. The van der Waals surface area contributed by atoms with Crippen molar-refractivity contribution in [1.82, 2.24) is 15.1 Å². The third-order valence-electron chi connectivity index (χ3n) is 6.43. The largest absolute Gasteiger partial charge is 0.444 e. The molecule has 182 valence electrons. The van der Waals surface area contributed by atoms with Crippen molar-refractivity contribution >= 4 is 44.5 Å². The molecule has 1 N–H and O–H groups in total. The van der Waals surface area contributed by atoms with E-state index in [4.69, 9.17) is 21.1 Å². The number of H-pyrrole nitrogens is 1. The van der Waals surface area contributed by atoms with Crippen molar-refractivity contribution in [3.63, 3.8) is 0 Å². The minimum Gasteiger partial charge on any atom is -0.444 e. The topological polar surface area (TPSA) is 67.4 Å². The first-order valence-corrected chi connectivity index (χ1v) is 12.7. The fourth-order valence-electron chi connectivity index (χ4n) is 4.53. The maximum absolute atomic E-state index is 12.6. The highest BCUT2D eigenvalue weighted by Gasteiger charge is 2.39. The predicted octanol–water partition coefficient (Wildman–Crippen LogP) is 7.03. The average molecular weight is 549 g/mol. The third kappa shape index (κ3) is 5.42. The van der Waals surface area contributed by atoms with E-state index in [9.17, 15) is 4.79 Å². The Kier molecular flexibility index (Phi) is 7.27. The van der Waals surface area contributed by atoms with Crippen molar-refractivity contribution in [2.24, 2.45) is 0 Å². The number of aromatic amines is 1. The van der Waals surface area contributed by atoms with Gasteiger partial charge in [0.2, 0.25) is 0 Å². The Labute approximate surface area is 214 Å². The summed E-state index contributed by atoms with van der Waals surface area (Å²) in [4.78, 5) is 14.4. The Bertz CT molecular complexity index is 1150. The molecule has 0 bridgehead atoms. The Morgan fingerprint density at radius 2 is 1.91 bits per heavy atom. The van der Waals surface area contributed by atoms with Crippen LogP contribution in [0.25, 0.3) is 10.9 Å². The van der Waals surface area contributed by atoms with Crippen LogP contribution in [-0.4, -0.2) is 46.5 Å². The SMILES string of the molecule is C[C@@H](OCC1(c2ccccc2)CCN(C(=O)OC(C)(C)C)CC1)c1cc(Cl)cc2c(Br)n[nH]c12. The van der Waals surface area contributed by atoms with E-state index in [1.165, 1.54) is 5.56 Å². The molecule has 1 atom stereocenters. The zero-order valence-corrected chi connectivity index (χ0v) is 22.4. The summed E-state index contributed by atoms with van der Waals surface area (Å²) in [5, 5.41) is 8.93. The quantitative estimate of drug-likeness (QED) is 0.372. The molecular weight excluding hydrogens is 518 g/mol. The second-order valence-electron chi connectivity index (χ2n) is 10.00. The van der Waals surface area contributed by atoms with Gasteiger partial charge in [-0.1, -0.05) is 41.9 Å². The lowest BCUT2D eigenvalue weighted by atomic mass is 9.73. The number of likely N-dealkylation sites (tertiary alicyclic amines) is 1. The van der Waals surface area contributed by atoms with Crippen molar-refractivity contribution in [2.75, 3.05) is 19.7 Å². The third-order valence-corrected chi connectivity index (χ3v) is 7.25. The zero-order chi connectivity index (χ0) is 24.5. The number of hydrogen-bond acceptors (Lipinski definition) is 4. The van der Waals surface area contributed by atoms with Gasteiger partial charge in [-0.2, -0.15) is 5.10 Å². The number of nitrogens with zero attached hydrogens (tertiary/aromatic N) is 2. The molecular formula is C26H31BrClN3O3. The van der Waals surface area contributed by atoms with Crippen LogP contribution in [0.1, 0.15) is 57.8 Å². The Morgan fingerprint density at radius 1 is 1.24 bits per heavy atom. The Morgan fingerprint density at radius 3 is 2.56 bits per heavy atom. The van der Waals surface area contributed by atoms with Crippen molar-refractivity contribution in [3.05, 3.63) is 63.2 Å². The van der Waals surface area contributed by atoms with Gasteiger partial charge in [0.25, 0.3) is 0 Å². The number of nitrogens with one attached hydrogen (secondary N) is 1. The number of fused-ring (bicyclic) bond motifs is 1. The molecule has 4 rings (SSSR count). The molecule has 2 heterocycles. The summed E-state index contributed by atoms with van der Waals surface area (Å²) in [5.41, 5.74) is 2.41. The van der Waals surface area contributed by atoms with Gasteiger partial charge in [-0.3, -0.25) is 5.10 Å². The van der Waals surface area contributed by atoms with Gasteiger partial charge in [0.05, 0.1) is 18.2 Å². The molecule has 0 spiro atoms. The van der Waals surface area contributed by atoms with Gasteiger partial charge in [-0.25, -0.2) is 4.79 Å². The molecule has 0 aliphatic carbocycles. The molecule has 0 saturated carbocycles. The maximum atomic E-state index is 12.6. The van der Waals surface area contributed by atoms with E-state index in [0.29, 0.717) is 24.7 Å². The molecule has 0 radical (unpaired) electrons. The highest BCUT2D eigenvalue weighted by Crippen LogP contribution is 2.39. The number of halogens is 2. The Hall–Kier alpha value is -2.09. The summed E-state index contributed by atoms with van der Waals surface area (Å²) in [5.74, 6) is 0. The summed E-state index contributed by atoms with van der Waals surface area (Å²) in [6, 6.07) is 14.3. The number of ether oxygens (including phenoxy) is 2. The van der Waals surface area contributed by atoms with E-state index in [2.05, 4.69) is 50.4 Å². The van der Waals surface area contributed by atoms with E-state index >= 15 is 0 Å². The van der Waals surface area contributed by atoms with Crippen LogP contribution in [0.2, 0.25) is 5.02 Å². The van der Waals surface area contributed by atoms with Crippen LogP contribution >= 0.6 is 27.5 Å². The summed E-state index contributed by atoms with van der Waals surface area (Å²) in [6.45, 7) is 9.49. The van der Waals surface area contributed by atoms with Crippen LogP contribution < -0.4 is 0 Å². The van der Waals surface area contributed by atoms with Crippen molar-refractivity contribution in [3.8, 4) is 0 Å². The van der Waals surface area contributed by atoms with Crippen molar-refractivity contribution < 1.29 is 14.3 Å². The highest BCUT2D eigenvalue weighted by molar-refractivity contribution is 9.10. The van der Waals surface area contributed by atoms with Crippen LogP contribution in [0.3, 0.4) is 0 Å². The molecule has 2 aromatic carbocycles. The second-order valence-corrected chi connectivity index (χ2v) is 11.2. The summed E-state index contributed by atoms with van der Waals surface area (Å²) in [6.07, 6.45) is 1.14. The van der Waals surface area contributed by atoms with Crippen LogP contribution in [-0.2, 0) is 14.9 Å².